The van der Waals surface area contributed by atoms with Crippen LogP contribution in [0.4, 0.5) is 5.69 Å². The number of carbonyl (C=O) groups excluding carboxylic acids is 1. The summed E-state index contributed by atoms with van der Waals surface area (Å²) in [7, 11) is 0. The quantitative estimate of drug-likeness (QED) is 0.797. The summed E-state index contributed by atoms with van der Waals surface area (Å²) < 4.78 is 10.9. The third-order valence-electron chi connectivity index (χ3n) is 3.28. The zero-order valence-corrected chi connectivity index (χ0v) is 15.2. The Morgan fingerprint density at radius 3 is 2.64 bits per heavy atom. The minimum absolute atomic E-state index is 0.257. The Labute approximate surface area is 156 Å². The number of anilines is 1. The van der Waals surface area contributed by atoms with Crippen LogP contribution in [0.25, 0.3) is 0 Å². The minimum Gasteiger partial charge on any atom is -0.490 e. The fourth-order valence-corrected chi connectivity index (χ4v) is 2.52. The first-order valence-corrected chi connectivity index (χ1v) is 8.26. The molecule has 2 aromatic carbocycles. The van der Waals surface area contributed by atoms with Gasteiger partial charge in [0.15, 0.2) is 18.1 Å². The maximum absolute atomic E-state index is 12.1. The fourth-order valence-electron chi connectivity index (χ4n) is 2.06. The number of halogens is 2. The van der Waals surface area contributed by atoms with E-state index in [2.05, 4.69) is 5.32 Å². The number of nitrogens with one attached hydrogen (secondary N) is 1. The summed E-state index contributed by atoms with van der Waals surface area (Å²) in [6, 6.07) is 10.2. The van der Waals surface area contributed by atoms with Crippen LogP contribution in [0.15, 0.2) is 30.3 Å². The van der Waals surface area contributed by atoms with Gasteiger partial charge in [0, 0.05) is 6.07 Å². The Kier molecular flexibility index (Phi) is 6.51. The van der Waals surface area contributed by atoms with Gasteiger partial charge in [-0.05, 0) is 37.6 Å². The number of ether oxygens (including phenoxy) is 2. The van der Waals surface area contributed by atoms with Gasteiger partial charge in [0.2, 0.25) is 0 Å². The first-order chi connectivity index (χ1) is 12.0. The van der Waals surface area contributed by atoms with E-state index in [1.807, 2.05) is 19.9 Å². The van der Waals surface area contributed by atoms with Crippen molar-refractivity contribution in [2.75, 3.05) is 18.5 Å². The van der Waals surface area contributed by atoms with E-state index < -0.39 is 5.91 Å². The number of rotatable bonds is 6. The van der Waals surface area contributed by atoms with Gasteiger partial charge in [0.1, 0.15) is 0 Å². The summed E-state index contributed by atoms with van der Waals surface area (Å²) in [5.41, 5.74) is 1.59. The second kappa shape index (κ2) is 8.61. The number of benzene rings is 2. The van der Waals surface area contributed by atoms with Crippen molar-refractivity contribution in [2.45, 2.75) is 13.8 Å². The van der Waals surface area contributed by atoms with Gasteiger partial charge in [0.05, 0.1) is 34.0 Å². The van der Waals surface area contributed by atoms with Crippen LogP contribution in [-0.2, 0) is 4.79 Å². The molecular weight excluding hydrogens is 363 g/mol. The number of amides is 1. The van der Waals surface area contributed by atoms with Crippen molar-refractivity contribution >= 4 is 34.8 Å². The van der Waals surface area contributed by atoms with Crippen LogP contribution in [0.5, 0.6) is 11.5 Å². The van der Waals surface area contributed by atoms with Crippen LogP contribution in [0.2, 0.25) is 10.0 Å². The number of hydrogen-bond acceptors (Lipinski definition) is 4. The standard InChI is InChI=1S/C18H16Cl2N2O3/c1-3-24-15-8-12(9-21)5-7-14(15)25-10-16(23)22-18-13(19)6-4-11(2)17(18)20/h4-8H,3,10H2,1-2H3,(H,22,23). The fraction of sp³-hybridized carbons (Fsp3) is 0.222. The van der Waals surface area contributed by atoms with E-state index >= 15 is 0 Å². The highest BCUT2D eigenvalue weighted by Crippen LogP contribution is 2.33. The topological polar surface area (TPSA) is 71.3 Å². The van der Waals surface area contributed by atoms with Crippen molar-refractivity contribution in [1.29, 1.82) is 5.26 Å². The molecule has 0 radical (unpaired) electrons. The summed E-state index contributed by atoms with van der Waals surface area (Å²) in [6.45, 7) is 3.78. The predicted octanol–water partition coefficient (Wildman–Crippen LogP) is 4.59. The number of carbonyl (C=O) groups is 1. The highest BCUT2D eigenvalue weighted by Gasteiger charge is 2.14. The van der Waals surface area contributed by atoms with Crippen LogP contribution in [-0.4, -0.2) is 19.1 Å². The van der Waals surface area contributed by atoms with E-state index in [0.717, 1.165) is 5.56 Å². The minimum atomic E-state index is -0.416. The first kappa shape index (κ1) is 18.9. The van der Waals surface area contributed by atoms with Gasteiger partial charge < -0.3 is 14.8 Å². The third-order valence-corrected chi connectivity index (χ3v) is 4.08. The van der Waals surface area contributed by atoms with E-state index in [9.17, 15) is 4.79 Å². The Morgan fingerprint density at radius 2 is 1.96 bits per heavy atom. The molecule has 1 N–H and O–H groups in total. The predicted molar refractivity (Wildman–Crippen MR) is 97.6 cm³/mol. The summed E-state index contributed by atoms with van der Waals surface area (Å²) >= 11 is 12.2. The Morgan fingerprint density at radius 1 is 1.20 bits per heavy atom. The average molecular weight is 379 g/mol. The van der Waals surface area contributed by atoms with E-state index in [1.54, 1.807) is 30.3 Å². The number of hydrogen-bond donors (Lipinski definition) is 1. The summed E-state index contributed by atoms with van der Waals surface area (Å²) in [5.74, 6) is 0.361. The Bertz CT molecular complexity index is 832. The average Bonchev–Trinajstić information content (AvgIpc) is 2.61. The molecule has 0 saturated heterocycles. The molecule has 0 unspecified atom stereocenters. The highest BCUT2D eigenvalue weighted by molar-refractivity contribution is 6.40. The van der Waals surface area contributed by atoms with Crippen molar-refractivity contribution in [2.24, 2.45) is 0 Å². The maximum atomic E-state index is 12.1. The molecule has 2 aromatic rings. The van der Waals surface area contributed by atoms with Crippen molar-refractivity contribution in [3.8, 4) is 17.6 Å². The lowest BCUT2D eigenvalue weighted by Gasteiger charge is -2.14. The first-order valence-electron chi connectivity index (χ1n) is 7.50. The van der Waals surface area contributed by atoms with Gasteiger partial charge in [-0.2, -0.15) is 5.26 Å². The Balaban J connectivity index is 2.08. The Hall–Kier alpha value is -2.42. The maximum Gasteiger partial charge on any atom is 0.262 e. The summed E-state index contributed by atoms with van der Waals surface area (Å²) in [5, 5.41) is 12.3. The largest absolute Gasteiger partial charge is 0.490 e. The smallest absolute Gasteiger partial charge is 0.262 e. The molecule has 0 aromatic heterocycles. The molecule has 0 spiro atoms. The van der Waals surface area contributed by atoms with E-state index in [0.29, 0.717) is 39.4 Å². The molecular formula is C18H16Cl2N2O3. The molecule has 0 atom stereocenters. The molecule has 0 bridgehead atoms. The van der Waals surface area contributed by atoms with Crippen molar-refractivity contribution in [3.05, 3.63) is 51.5 Å². The molecule has 7 heteroatoms. The van der Waals surface area contributed by atoms with Crippen LogP contribution in [0, 0.1) is 18.3 Å². The van der Waals surface area contributed by atoms with Crippen LogP contribution >= 0.6 is 23.2 Å². The van der Waals surface area contributed by atoms with Crippen molar-refractivity contribution in [1.82, 2.24) is 0 Å². The molecule has 25 heavy (non-hydrogen) atoms. The van der Waals surface area contributed by atoms with Crippen LogP contribution in [0.3, 0.4) is 0 Å². The van der Waals surface area contributed by atoms with Crippen LogP contribution in [0.1, 0.15) is 18.1 Å². The lowest BCUT2D eigenvalue weighted by Crippen LogP contribution is -2.21. The third kappa shape index (κ3) is 4.79. The molecule has 0 heterocycles. The molecule has 2 rings (SSSR count). The monoisotopic (exact) mass is 378 g/mol. The van der Waals surface area contributed by atoms with Gasteiger partial charge in [-0.3, -0.25) is 4.79 Å². The summed E-state index contributed by atoms with van der Waals surface area (Å²) in [6.07, 6.45) is 0. The second-order valence-corrected chi connectivity index (χ2v) is 5.88. The number of nitriles is 1. The molecule has 0 aliphatic rings. The van der Waals surface area contributed by atoms with Crippen molar-refractivity contribution in [3.63, 3.8) is 0 Å². The van der Waals surface area contributed by atoms with Gasteiger partial charge in [0.25, 0.3) is 5.91 Å². The molecule has 0 aliphatic carbocycles. The van der Waals surface area contributed by atoms with Gasteiger partial charge in [-0.1, -0.05) is 29.3 Å². The second-order valence-electron chi connectivity index (χ2n) is 5.10. The van der Waals surface area contributed by atoms with E-state index in [1.165, 1.54) is 0 Å². The van der Waals surface area contributed by atoms with Gasteiger partial charge >= 0.3 is 0 Å². The SMILES string of the molecule is CCOc1cc(C#N)ccc1OCC(=O)Nc1c(Cl)ccc(C)c1Cl. The number of nitrogens with zero attached hydrogens (tertiary/aromatic N) is 1. The lowest BCUT2D eigenvalue weighted by atomic mass is 10.2. The molecule has 0 fully saturated rings. The van der Waals surface area contributed by atoms with Crippen molar-refractivity contribution < 1.29 is 14.3 Å². The molecule has 5 nitrogen and oxygen atoms in total. The zero-order chi connectivity index (χ0) is 18.4. The molecule has 0 aliphatic heterocycles. The van der Waals surface area contributed by atoms with E-state index in [4.69, 9.17) is 37.9 Å². The summed E-state index contributed by atoms with van der Waals surface area (Å²) in [4.78, 5) is 12.1. The highest BCUT2D eigenvalue weighted by atomic mass is 35.5. The van der Waals surface area contributed by atoms with Gasteiger partial charge in [-0.25, -0.2) is 0 Å². The lowest BCUT2D eigenvalue weighted by molar-refractivity contribution is -0.118. The van der Waals surface area contributed by atoms with Crippen LogP contribution < -0.4 is 14.8 Å². The molecule has 1 amide bonds. The van der Waals surface area contributed by atoms with Gasteiger partial charge in [-0.15, -0.1) is 0 Å². The number of aryl methyl sites for hydroxylation is 1. The zero-order valence-electron chi connectivity index (χ0n) is 13.7. The normalized spacial score (nSPS) is 10.0. The van der Waals surface area contributed by atoms with E-state index in [-0.39, 0.29) is 6.61 Å². The molecule has 0 saturated carbocycles. The molecule has 130 valence electrons.